The van der Waals surface area contributed by atoms with Gasteiger partial charge in [0.15, 0.2) is 0 Å². The van der Waals surface area contributed by atoms with E-state index in [2.05, 4.69) is 70.8 Å². The molecule has 0 bridgehead atoms. The standard InChI is InChI=1S/C31H38N6O3/c1-3-29(39)36-16-17-37(24(18-36)20-38)30-26-13-15-35(28-12-6-9-22-8-4-5-11-25(22)28)19-27(26)32-31(33-30)40-21-23-10-7-14-34(23)2/h3-6,8-9,11-12,23-24,38H,1,7,10,13-21H2,2H3/t23-,24?/m0/s1. The normalized spacial score (nSPS) is 21.5. The van der Waals surface area contributed by atoms with E-state index in [4.69, 9.17) is 14.7 Å². The van der Waals surface area contributed by atoms with Crippen LogP contribution in [-0.4, -0.2) is 95.9 Å². The summed E-state index contributed by atoms with van der Waals surface area (Å²) in [6.45, 7) is 8.21. The number of likely N-dealkylation sites (tertiary alicyclic amines) is 1. The van der Waals surface area contributed by atoms with E-state index in [0.29, 0.717) is 44.8 Å². The van der Waals surface area contributed by atoms with Crippen molar-refractivity contribution in [1.82, 2.24) is 19.8 Å². The number of hydrogen-bond donors (Lipinski definition) is 1. The predicted molar refractivity (Wildman–Crippen MR) is 157 cm³/mol. The van der Waals surface area contributed by atoms with Crippen LogP contribution in [0.1, 0.15) is 24.1 Å². The Hall–Kier alpha value is -3.69. The van der Waals surface area contributed by atoms with Crippen LogP contribution in [0.3, 0.4) is 0 Å². The number of carbonyl (C=O) groups excluding carboxylic acids is 1. The van der Waals surface area contributed by atoms with E-state index >= 15 is 0 Å². The molecule has 210 valence electrons. The number of ether oxygens (including phenoxy) is 1. The van der Waals surface area contributed by atoms with Crippen LogP contribution in [-0.2, 0) is 17.8 Å². The van der Waals surface area contributed by atoms with Crippen molar-refractivity contribution in [3.05, 3.63) is 66.4 Å². The Kier molecular flexibility index (Phi) is 7.58. The van der Waals surface area contributed by atoms with Crippen molar-refractivity contribution < 1.29 is 14.6 Å². The molecular weight excluding hydrogens is 504 g/mol. The van der Waals surface area contributed by atoms with Gasteiger partial charge in [-0.1, -0.05) is 43.0 Å². The zero-order chi connectivity index (χ0) is 27.6. The summed E-state index contributed by atoms with van der Waals surface area (Å²) in [4.78, 5) is 30.8. The maximum absolute atomic E-state index is 12.3. The van der Waals surface area contributed by atoms with E-state index in [9.17, 15) is 9.90 Å². The summed E-state index contributed by atoms with van der Waals surface area (Å²) in [6.07, 6.45) is 4.40. The maximum Gasteiger partial charge on any atom is 0.318 e. The molecule has 1 amide bonds. The van der Waals surface area contributed by atoms with Gasteiger partial charge in [0.2, 0.25) is 5.91 Å². The largest absolute Gasteiger partial charge is 0.462 e. The Morgan fingerprint density at radius 1 is 1.10 bits per heavy atom. The van der Waals surface area contributed by atoms with Crippen molar-refractivity contribution >= 4 is 28.2 Å². The topological polar surface area (TPSA) is 85.3 Å². The van der Waals surface area contributed by atoms with Crippen molar-refractivity contribution in [2.24, 2.45) is 0 Å². The number of likely N-dealkylation sites (N-methyl/N-ethyl adjacent to an activating group) is 1. The highest BCUT2D eigenvalue weighted by Gasteiger charge is 2.34. The molecule has 1 unspecified atom stereocenters. The first-order chi connectivity index (χ1) is 19.6. The molecule has 0 aliphatic carbocycles. The summed E-state index contributed by atoms with van der Waals surface area (Å²) in [5.41, 5.74) is 3.26. The molecular formula is C31H38N6O3. The Bertz CT molecular complexity index is 1390. The summed E-state index contributed by atoms with van der Waals surface area (Å²) in [5, 5.41) is 12.8. The minimum Gasteiger partial charge on any atom is -0.462 e. The van der Waals surface area contributed by atoms with Gasteiger partial charge in [0.05, 0.1) is 24.9 Å². The van der Waals surface area contributed by atoms with E-state index in [1.54, 1.807) is 4.90 Å². The summed E-state index contributed by atoms with van der Waals surface area (Å²) in [5.74, 6) is 0.709. The minimum atomic E-state index is -0.262. The number of rotatable bonds is 7. The van der Waals surface area contributed by atoms with Crippen molar-refractivity contribution in [2.75, 3.05) is 62.8 Å². The molecule has 40 heavy (non-hydrogen) atoms. The minimum absolute atomic E-state index is 0.0785. The lowest BCUT2D eigenvalue weighted by Crippen LogP contribution is -2.56. The molecule has 3 aliphatic rings. The van der Waals surface area contributed by atoms with Crippen LogP contribution < -0.4 is 14.5 Å². The lowest BCUT2D eigenvalue weighted by molar-refractivity contribution is -0.126. The molecule has 3 aliphatic heterocycles. The fourth-order valence-electron chi connectivity index (χ4n) is 6.36. The number of aliphatic hydroxyl groups is 1. The van der Waals surface area contributed by atoms with E-state index in [-0.39, 0.29) is 18.6 Å². The number of nitrogens with zero attached hydrogens (tertiary/aromatic N) is 6. The van der Waals surface area contributed by atoms with Gasteiger partial charge in [-0.25, -0.2) is 0 Å². The van der Waals surface area contributed by atoms with Gasteiger partial charge < -0.3 is 29.4 Å². The molecule has 2 atom stereocenters. The molecule has 0 saturated carbocycles. The predicted octanol–water partition coefficient (Wildman–Crippen LogP) is 2.86. The van der Waals surface area contributed by atoms with Gasteiger partial charge in [-0.15, -0.1) is 0 Å². The summed E-state index contributed by atoms with van der Waals surface area (Å²) < 4.78 is 6.27. The number of benzene rings is 2. The lowest BCUT2D eigenvalue weighted by Gasteiger charge is -2.42. The van der Waals surface area contributed by atoms with E-state index in [1.807, 2.05) is 0 Å². The Morgan fingerprint density at radius 2 is 1.95 bits per heavy atom. The first-order valence-corrected chi connectivity index (χ1v) is 14.3. The molecule has 2 saturated heterocycles. The molecule has 9 heteroatoms. The Balaban J connectivity index is 1.34. The van der Waals surface area contributed by atoms with Crippen LogP contribution in [0.15, 0.2) is 55.1 Å². The number of hydrogen-bond acceptors (Lipinski definition) is 8. The van der Waals surface area contributed by atoms with Crippen LogP contribution >= 0.6 is 0 Å². The smallest absolute Gasteiger partial charge is 0.318 e. The highest BCUT2D eigenvalue weighted by Crippen LogP contribution is 2.35. The molecule has 2 aromatic carbocycles. The molecule has 9 nitrogen and oxygen atoms in total. The third-order valence-electron chi connectivity index (χ3n) is 8.66. The second-order valence-electron chi connectivity index (χ2n) is 11.0. The summed E-state index contributed by atoms with van der Waals surface area (Å²) in [7, 11) is 2.14. The van der Waals surface area contributed by atoms with Gasteiger partial charge >= 0.3 is 6.01 Å². The van der Waals surface area contributed by atoms with E-state index in [1.165, 1.54) is 29.0 Å². The number of amides is 1. The molecule has 1 N–H and O–H groups in total. The second-order valence-corrected chi connectivity index (χ2v) is 11.0. The van der Waals surface area contributed by atoms with E-state index < -0.39 is 0 Å². The van der Waals surface area contributed by atoms with E-state index in [0.717, 1.165) is 43.0 Å². The van der Waals surface area contributed by atoms with Crippen molar-refractivity contribution in [1.29, 1.82) is 0 Å². The summed E-state index contributed by atoms with van der Waals surface area (Å²) in [6, 6.07) is 15.4. The quantitative estimate of drug-likeness (QED) is 0.457. The van der Waals surface area contributed by atoms with Gasteiger partial charge in [-0.2, -0.15) is 9.97 Å². The zero-order valence-corrected chi connectivity index (χ0v) is 23.2. The second kappa shape index (κ2) is 11.4. The molecule has 0 spiro atoms. The monoisotopic (exact) mass is 542 g/mol. The Labute approximate surface area is 235 Å². The van der Waals surface area contributed by atoms with Gasteiger partial charge in [-0.05, 0) is 50.4 Å². The fourth-order valence-corrected chi connectivity index (χ4v) is 6.36. The lowest BCUT2D eigenvalue weighted by atomic mass is 10.0. The fraction of sp³-hybridized carbons (Fsp3) is 0.452. The van der Waals surface area contributed by atoms with Crippen molar-refractivity contribution in [2.45, 2.75) is 37.9 Å². The SMILES string of the molecule is C=CC(=O)N1CCN(c2nc(OC[C@@H]3CCCN3C)nc3c2CCN(c2cccc4ccccc24)C3)C(CO)C1. The third-order valence-corrected chi connectivity index (χ3v) is 8.66. The van der Waals surface area contributed by atoms with Crippen LogP contribution in [0.5, 0.6) is 6.01 Å². The molecule has 2 fully saturated rings. The number of aromatic nitrogens is 2. The average molecular weight is 543 g/mol. The molecule has 0 radical (unpaired) electrons. The maximum atomic E-state index is 12.3. The number of carbonyl (C=O) groups is 1. The first kappa shape index (κ1) is 26.5. The number of anilines is 2. The van der Waals surface area contributed by atoms with Gasteiger partial charge in [0.1, 0.15) is 12.4 Å². The number of aliphatic hydroxyl groups excluding tert-OH is 1. The number of piperazine rings is 1. The molecule has 4 heterocycles. The Morgan fingerprint density at radius 3 is 2.75 bits per heavy atom. The average Bonchev–Trinajstić information content (AvgIpc) is 3.42. The first-order valence-electron chi connectivity index (χ1n) is 14.3. The zero-order valence-electron chi connectivity index (χ0n) is 23.2. The van der Waals surface area contributed by atoms with Gasteiger partial charge in [-0.3, -0.25) is 4.79 Å². The molecule has 3 aromatic rings. The van der Waals surface area contributed by atoms with Crippen LogP contribution in [0, 0.1) is 0 Å². The van der Waals surface area contributed by atoms with Gasteiger partial charge in [0, 0.05) is 48.9 Å². The highest BCUT2D eigenvalue weighted by molar-refractivity contribution is 5.94. The third kappa shape index (κ3) is 5.11. The van der Waals surface area contributed by atoms with Crippen molar-refractivity contribution in [3.63, 3.8) is 0 Å². The highest BCUT2D eigenvalue weighted by atomic mass is 16.5. The van der Waals surface area contributed by atoms with Crippen LogP contribution in [0.4, 0.5) is 11.5 Å². The van der Waals surface area contributed by atoms with Crippen molar-refractivity contribution in [3.8, 4) is 6.01 Å². The molecule has 1 aromatic heterocycles. The van der Waals surface area contributed by atoms with Gasteiger partial charge in [0.25, 0.3) is 0 Å². The number of fused-ring (bicyclic) bond motifs is 2. The van der Waals surface area contributed by atoms with Crippen LogP contribution in [0.2, 0.25) is 0 Å². The molecule has 6 rings (SSSR count). The van der Waals surface area contributed by atoms with Crippen LogP contribution in [0.25, 0.3) is 10.8 Å². The summed E-state index contributed by atoms with van der Waals surface area (Å²) >= 11 is 0.